The van der Waals surface area contributed by atoms with Gasteiger partial charge in [0.1, 0.15) is 10.7 Å². The van der Waals surface area contributed by atoms with Crippen LogP contribution in [0.5, 0.6) is 0 Å². The molecule has 0 saturated carbocycles. The van der Waals surface area contributed by atoms with Gasteiger partial charge in [-0.3, -0.25) is 9.36 Å². The first-order chi connectivity index (χ1) is 10.7. The molecule has 0 N–H and O–H groups in total. The molecule has 1 aliphatic rings. The Morgan fingerprint density at radius 2 is 2.36 bits per heavy atom. The van der Waals surface area contributed by atoms with Crippen LogP contribution in [0.15, 0.2) is 4.79 Å². The zero-order valence-electron chi connectivity index (χ0n) is 13.0. The Labute approximate surface area is 134 Å². The van der Waals surface area contributed by atoms with Crippen molar-refractivity contribution in [1.29, 1.82) is 0 Å². The highest BCUT2D eigenvalue weighted by atomic mass is 32.1. The van der Waals surface area contributed by atoms with Gasteiger partial charge in [0.15, 0.2) is 0 Å². The topological polar surface area (TPSA) is 44.1 Å². The summed E-state index contributed by atoms with van der Waals surface area (Å²) in [7, 11) is 1.65. The average molecular weight is 316 g/mol. The second kappa shape index (κ2) is 6.23. The second-order valence-corrected chi connectivity index (χ2v) is 6.98. The molecule has 1 unspecified atom stereocenters. The third-order valence-electron chi connectivity index (χ3n) is 4.27. The minimum Gasteiger partial charge on any atom is -0.384 e. The Morgan fingerprint density at radius 1 is 1.55 bits per heavy atom. The molecule has 0 radical (unpaired) electrons. The largest absolute Gasteiger partial charge is 0.384 e. The van der Waals surface area contributed by atoms with Crippen LogP contribution in [-0.2, 0) is 30.5 Å². The van der Waals surface area contributed by atoms with E-state index < -0.39 is 0 Å². The molecule has 0 aliphatic heterocycles. The van der Waals surface area contributed by atoms with Crippen molar-refractivity contribution in [3.63, 3.8) is 0 Å². The number of methoxy groups -OCH3 is 1. The van der Waals surface area contributed by atoms with Crippen LogP contribution in [0.4, 0.5) is 0 Å². The molecule has 0 fully saturated rings. The summed E-state index contributed by atoms with van der Waals surface area (Å²) in [6, 6.07) is 0. The smallest absolute Gasteiger partial charge is 0.263 e. The van der Waals surface area contributed by atoms with Crippen LogP contribution in [0, 0.1) is 18.3 Å². The number of nitrogens with zero attached hydrogens (tertiary/aromatic N) is 2. The highest BCUT2D eigenvalue weighted by Crippen LogP contribution is 2.35. The Morgan fingerprint density at radius 3 is 3.09 bits per heavy atom. The maximum atomic E-state index is 12.9. The summed E-state index contributed by atoms with van der Waals surface area (Å²) in [5.41, 5.74) is 1.22. The molecule has 1 atom stereocenters. The fourth-order valence-electron chi connectivity index (χ4n) is 3.10. The molecule has 5 heteroatoms. The van der Waals surface area contributed by atoms with Crippen molar-refractivity contribution in [2.24, 2.45) is 5.92 Å². The van der Waals surface area contributed by atoms with E-state index >= 15 is 0 Å². The van der Waals surface area contributed by atoms with Gasteiger partial charge in [0.25, 0.3) is 5.56 Å². The first-order valence-electron chi connectivity index (χ1n) is 7.62. The van der Waals surface area contributed by atoms with Gasteiger partial charge in [-0.25, -0.2) is 4.98 Å². The van der Waals surface area contributed by atoms with Gasteiger partial charge in [0.2, 0.25) is 0 Å². The summed E-state index contributed by atoms with van der Waals surface area (Å²) in [4.78, 5) is 19.8. The third kappa shape index (κ3) is 2.57. The van der Waals surface area contributed by atoms with Crippen molar-refractivity contribution in [2.75, 3.05) is 13.7 Å². The summed E-state index contributed by atoms with van der Waals surface area (Å²) in [5, 5.41) is 0.795. The summed E-state index contributed by atoms with van der Waals surface area (Å²) < 4.78 is 6.75. The van der Waals surface area contributed by atoms with E-state index in [0.717, 1.165) is 35.3 Å². The van der Waals surface area contributed by atoms with E-state index in [4.69, 9.17) is 16.1 Å². The quantitative estimate of drug-likeness (QED) is 0.814. The molecule has 0 saturated heterocycles. The molecular formula is C17H20N2O2S. The Bertz CT molecular complexity index is 798. The first kappa shape index (κ1) is 15.3. The standard InChI is InChI=1S/C17H20N2O2S/c1-4-8-19-14(7-9-21-3)18-16-15(17(19)20)12-6-5-11(2)10-13(12)22-16/h1,11H,5-10H2,2-3H3. The first-order valence-corrected chi connectivity index (χ1v) is 8.43. The number of ether oxygens (including phenoxy) is 1. The van der Waals surface area contributed by atoms with E-state index in [9.17, 15) is 4.79 Å². The van der Waals surface area contributed by atoms with Gasteiger partial charge in [-0.2, -0.15) is 0 Å². The van der Waals surface area contributed by atoms with Crippen molar-refractivity contribution in [3.05, 3.63) is 26.6 Å². The maximum absolute atomic E-state index is 12.9. The van der Waals surface area contributed by atoms with E-state index in [1.165, 1.54) is 10.4 Å². The monoisotopic (exact) mass is 316 g/mol. The lowest BCUT2D eigenvalue weighted by Gasteiger charge is -2.17. The molecule has 0 bridgehead atoms. The van der Waals surface area contributed by atoms with Crippen LogP contribution in [0.1, 0.15) is 29.6 Å². The van der Waals surface area contributed by atoms with Crippen LogP contribution in [-0.4, -0.2) is 23.3 Å². The Balaban J connectivity index is 2.20. The van der Waals surface area contributed by atoms with E-state index in [0.29, 0.717) is 18.9 Å². The number of aromatic nitrogens is 2. The van der Waals surface area contributed by atoms with Gasteiger partial charge in [0.05, 0.1) is 18.5 Å². The van der Waals surface area contributed by atoms with Crippen molar-refractivity contribution in [2.45, 2.75) is 39.2 Å². The average Bonchev–Trinajstić information content (AvgIpc) is 2.85. The van der Waals surface area contributed by atoms with Crippen molar-refractivity contribution < 1.29 is 4.74 Å². The summed E-state index contributed by atoms with van der Waals surface area (Å²) in [5.74, 6) is 3.98. The predicted octanol–water partition coefficient (Wildman–Crippen LogP) is 2.40. The normalized spacial score (nSPS) is 17.4. The predicted molar refractivity (Wildman–Crippen MR) is 89.5 cm³/mol. The molecule has 0 aromatic carbocycles. The van der Waals surface area contributed by atoms with Crippen molar-refractivity contribution >= 4 is 21.6 Å². The van der Waals surface area contributed by atoms with Crippen molar-refractivity contribution in [1.82, 2.24) is 9.55 Å². The summed E-state index contributed by atoms with van der Waals surface area (Å²) >= 11 is 1.68. The summed E-state index contributed by atoms with van der Waals surface area (Å²) in [6.45, 7) is 3.06. The molecule has 1 aliphatic carbocycles. The molecule has 3 rings (SSSR count). The van der Waals surface area contributed by atoms with Crippen LogP contribution in [0.2, 0.25) is 0 Å². The number of hydrogen-bond donors (Lipinski definition) is 0. The lowest BCUT2D eigenvalue weighted by molar-refractivity contribution is 0.199. The highest BCUT2D eigenvalue weighted by molar-refractivity contribution is 7.18. The van der Waals surface area contributed by atoms with Crippen LogP contribution in [0.3, 0.4) is 0 Å². The van der Waals surface area contributed by atoms with Crippen molar-refractivity contribution in [3.8, 4) is 12.3 Å². The van der Waals surface area contributed by atoms with E-state index in [2.05, 4.69) is 12.8 Å². The van der Waals surface area contributed by atoms with Gasteiger partial charge in [-0.05, 0) is 30.7 Å². The molecule has 116 valence electrons. The minimum absolute atomic E-state index is 0.0149. The van der Waals surface area contributed by atoms with Gasteiger partial charge >= 0.3 is 0 Å². The minimum atomic E-state index is 0.0149. The Hall–Kier alpha value is -1.64. The molecular weight excluding hydrogens is 296 g/mol. The van der Waals surface area contributed by atoms with Gasteiger partial charge < -0.3 is 4.74 Å². The maximum Gasteiger partial charge on any atom is 0.263 e. The van der Waals surface area contributed by atoms with E-state index in [1.807, 2.05) is 0 Å². The van der Waals surface area contributed by atoms with Crippen LogP contribution >= 0.6 is 11.3 Å². The molecule has 4 nitrogen and oxygen atoms in total. The number of hydrogen-bond acceptors (Lipinski definition) is 4. The number of thiophene rings is 1. The lowest BCUT2D eigenvalue weighted by atomic mass is 9.89. The molecule has 2 aromatic heterocycles. The highest BCUT2D eigenvalue weighted by Gasteiger charge is 2.24. The van der Waals surface area contributed by atoms with Crippen LogP contribution in [0.25, 0.3) is 10.2 Å². The molecule has 0 spiro atoms. The zero-order chi connectivity index (χ0) is 15.7. The second-order valence-electron chi connectivity index (χ2n) is 5.90. The van der Waals surface area contributed by atoms with Gasteiger partial charge in [-0.15, -0.1) is 17.8 Å². The Kier molecular flexibility index (Phi) is 4.32. The van der Waals surface area contributed by atoms with Crippen LogP contribution < -0.4 is 5.56 Å². The number of aryl methyl sites for hydroxylation is 1. The van der Waals surface area contributed by atoms with E-state index in [1.54, 1.807) is 23.0 Å². The number of terminal acetylenes is 1. The molecule has 22 heavy (non-hydrogen) atoms. The molecule has 2 aromatic rings. The number of rotatable bonds is 4. The summed E-state index contributed by atoms with van der Waals surface area (Å²) in [6.07, 6.45) is 9.20. The lowest BCUT2D eigenvalue weighted by Crippen LogP contribution is -2.26. The molecule has 0 amide bonds. The zero-order valence-corrected chi connectivity index (χ0v) is 13.8. The van der Waals surface area contributed by atoms with Gasteiger partial charge in [-0.1, -0.05) is 12.8 Å². The van der Waals surface area contributed by atoms with Gasteiger partial charge in [0, 0.05) is 18.4 Å². The fourth-order valence-corrected chi connectivity index (χ4v) is 4.50. The SMILES string of the molecule is C#CCn1c(CCOC)nc2sc3c(c2c1=O)CCC(C)C3. The molecule has 2 heterocycles. The fraction of sp³-hybridized carbons (Fsp3) is 0.529. The van der Waals surface area contributed by atoms with E-state index in [-0.39, 0.29) is 12.1 Å². The third-order valence-corrected chi connectivity index (χ3v) is 5.42. The number of fused-ring (bicyclic) bond motifs is 3.